The van der Waals surface area contributed by atoms with E-state index in [1.807, 2.05) is 6.07 Å². The Bertz CT molecular complexity index is 767. The summed E-state index contributed by atoms with van der Waals surface area (Å²) in [6.45, 7) is 6.04. The Morgan fingerprint density at radius 2 is 1.76 bits per heavy atom. The molecule has 0 bridgehead atoms. The average molecular weight is 363 g/mol. The summed E-state index contributed by atoms with van der Waals surface area (Å²) in [7, 11) is -1.76. The van der Waals surface area contributed by atoms with Crippen molar-refractivity contribution in [3.05, 3.63) is 48.3 Å². The van der Waals surface area contributed by atoms with Crippen molar-refractivity contribution in [1.82, 2.24) is 24.3 Å². The molecule has 1 aliphatic rings. The van der Waals surface area contributed by atoms with E-state index < -0.39 is 10.0 Å². The summed E-state index contributed by atoms with van der Waals surface area (Å²) >= 11 is 0. The van der Waals surface area contributed by atoms with Crippen LogP contribution >= 0.6 is 0 Å². The topological polar surface area (TPSA) is 70.5 Å². The van der Waals surface area contributed by atoms with Gasteiger partial charge in [-0.2, -0.15) is 5.10 Å². The lowest BCUT2D eigenvalue weighted by atomic mass is 10.2. The number of rotatable bonds is 7. The van der Waals surface area contributed by atoms with E-state index in [4.69, 9.17) is 0 Å². The number of piperazine rings is 1. The molecule has 0 spiro atoms. The fourth-order valence-electron chi connectivity index (χ4n) is 2.97. The SMILES string of the molecule is Cn1cc(S(=O)(=O)NCCN2CCN(Cc3ccccc3)CC2)cn1. The normalized spacial score (nSPS) is 17.0. The van der Waals surface area contributed by atoms with E-state index in [0.717, 1.165) is 39.3 Å². The highest BCUT2D eigenvalue weighted by Gasteiger charge is 2.19. The zero-order valence-electron chi connectivity index (χ0n) is 14.5. The van der Waals surface area contributed by atoms with Gasteiger partial charge in [0.05, 0.1) is 6.20 Å². The van der Waals surface area contributed by atoms with E-state index in [2.05, 4.69) is 43.9 Å². The van der Waals surface area contributed by atoms with Gasteiger partial charge < -0.3 is 0 Å². The third kappa shape index (κ3) is 5.12. The van der Waals surface area contributed by atoms with Crippen molar-refractivity contribution in [3.8, 4) is 0 Å². The molecule has 0 atom stereocenters. The molecule has 3 rings (SSSR count). The van der Waals surface area contributed by atoms with Crippen LogP contribution in [-0.2, 0) is 23.6 Å². The summed E-state index contributed by atoms with van der Waals surface area (Å²) in [4.78, 5) is 4.95. The van der Waals surface area contributed by atoms with E-state index in [1.54, 1.807) is 7.05 Å². The number of hydrogen-bond donors (Lipinski definition) is 1. The minimum Gasteiger partial charge on any atom is -0.299 e. The van der Waals surface area contributed by atoms with Crippen LogP contribution in [0.5, 0.6) is 0 Å². The van der Waals surface area contributed by atoms with Crippen LogP contribution in [0.4, 0.5) is 0 Å². The van der Waals surface area contributed by atoms with Crippen LogP contribution in [0, 0.1) is 0 Å². The van der Waals surface area contributed by atoms with Gasteiger partial charge in [0.25, 0.3) is 0 Å². The molecule has 1 saturated heterocycles. The fourth-order valence-corrected chi connectivity index (χ4v) is 3.98. The van der Waals surface area contributed by atoms with Crippen molar-refractivity contribution in [2.45, 2.75) is 11.4 Å². The van der Waals surface area contributed by atoms with Crippen LogP contribution in [0.15, 0.2) is 47.6 Å². The molecule has 2 aromatic rings. The largest absolute Gasteiger partial charge is 0.299 e. The van der Waals surface area contributed by atoms with E-state index in [-0.39, 0.29) is 4.90 Å². The first kappa shape index (κ1) is 18.1. The van der Waals surface area contributed by atoms with E-state index in [9.17, 15) is 8.42 Å². The molecule has 1 fully saturated rings. The maximum absolute atomic E-state index is 12.2. The molecule has 1 aromatic heterocycles. The number of aromatic nitrogens is 2. The molecular formula is C17H25N5O2S. The zero-order valence-corrected chi connectivity index (χ0v) is 15.3. The minimum atomic E-state index is -3.46. The number of hydrogen-bond acceptors (Lipinski definition) is 5. The summed E-state index contributed by atoms with van der Waals surface area (Å²) in [6.07, 6.45) is 2.87. The van der Waals surface area contributed by atoms with Crippen LogP contribution in [0.25, 0.3) is 0 Å². The molecule has 136 valence electrons. The molecule has 8 heteroatoms. The summed E-state index contributed by atoms with van der Waals surface area (Å²) in [5.74, 6) is 0. The van der Waals surface area contributed by atoms with Crippen LogP contribution in [-0.4, -0.2) is 67.3 Å². The highest BCUT2D eigenvalue weighted by atomic mass is 32.2. The molecule has 7 nitrogen and oxygen atoms in total. The monoisotopic (exact) mass is 363 g/mol. The van der Waals surface area contributed by atoms with Crippen molar-refractivity contribution in [3.63, 3.8) is 0 Å². The molecule has 0 radical (unpaired) electrons. The van der Waals surface area contributed by atoms with Crippen LogP contribution in [0.2, 0.25) is 0 Å². The molecular weight excluding hydrogens is 338 g/mol. The maximum atomic E-state index is 12.2. The molecule has 1 aromatic carbocycles. The van der Waals surface area contributed by atoms with E-state index in [1.165, 1.54) is 22.6 Å². The van der Waals surface area contributed by atoms with Crippen LogP contribution in [0.1, 0.15) is 5.56 Å². The summed E-state index contributed by atoms with van der Waals surface area (Å²) in [6, 6.07) is 10.5. The molecule has 1 aliphatic heterocycles. The van der Waals surface area contributed by atoms with Gasteiger partial charge in [0.2, 0.25) is 10.0 Å². The second-order valence-corrected chi connectivity index (χ2v) is 8.12. The third-order valence-electron chi connectivity index (χ3n) is 4.43. The molecule has 0 amide bonds. The smallest absolute Gasteiger partial charge is 0.243 e. The van der Waals surface area contributed by atoms with Gasteiger partial charge in [0.1, 0.15) is 4.90 Å². The second-order valence-electron chi connectivity index (χ2n) is 6.35. The van der Waals surface area contributed by atoms with Crippen molar-refractivity contribution < 1.29 is 8.42 Å². The van der Waals surface area contributed by atoms with Gasteiger partial charge in [0, 0.05) is 59.1 Å². The lowest BCUT2D eigenvalue weighted by molar-refractivity contribution is 0.129. The number of nitrogens with zero attached hydrogens (tertiary/aromatic N) is 4. The van der Waals surface area contributed by atoms with Gasteiger partial charge in [-0.15, -0.1) is 0 Å². The first-order chi connectivity index (χ1) is 12.0. The van der Waals surface area contributed by atoms with Crippen molar-refractivity contribution >= 4 is 10.0 Å². The van der Waals surface area contributed by atoms with Gasteiger partial charge >= 0.3 is 0 Å². The second kappa shape index (κ2) is 8.09. The summed E-state index contributed by atoms with van der Waals surface area (Å²) < 4.78 is 28.4. The van der Waals surface area contributed by atoms with Crippen molar-refractivity contribution in [2.75, 3.05) is 39.3 Å². The van der Waals surface area contributed by atoms with Gasteiger partial charge in [-0.3, -0.25) is 14.5 Å². The lowest BCUT2D eigenvalue weighted by Gasteiger charge is -2.34. The summed E-state index contributed by atoms with van der Waals surface area (Å²) in [5, 5.41) is 3.91. The zero-order chi connectivity index (χ0) is 17.7. The highest BCUT2D eigenvalue weighted by molar-refractivity contribution is 7.89. The lowest BCUT2D eigenvalue weighted by Crippen LogP contribution is -2.48. The third-order valence-corrected chi connectivity index (χ3v) is 5.84. The van der Waals surface area contributed by atoms with Gasteiger partial charge in [-0.25, -0.2) is 13.1 Å². The Kier molecular flexibility index (Phi) is 5.85. The highest BCUT2D eigenvalue weighted by Crippen LogP contribution is 2.09. The molecule has 0 saturated carbocycles. The maximum Gasteiger partial charge on any atom is 0.243 e. The quantitative estimate of drug-likeness (QED) is 0.776. The molecule has 0 unspecified atom stereocenters. The summed E-state index contributed by atoms with van der Waals surface area (Å²) in [5.41, 5.74) is 1.33. The van der Waals surface area contributed by atoms with Gasteiger partial charge in [-0.1, -0.05) is 30.3 Å². The van der Waals surface area contributed by atoms with Crippen molar-refractivity contribution in [1.29, 1.82) is 0 Å². The molecule has 0 aliphatic carbocycles. The first-order valence-electron chi connectivity index (χ1n) is 8.50. The Balaban J connectivity index is 1.39. The van der Waals surface area contributed by atoms with E-state index >= 15 is 0 Å². The molecule has 25 heavy (non-hydrogen) atoms. The Labute approximate surface area is 149 Å². The number of nitrogens with one attached hydrogen (secondary N) is 1. The Morgan fingerprint density at radius 3 is 2.40 bits per heavy atom. The van der Waals surface area contributed by atoms with Crippen LogP contribution in [0.3, 0.4) is 0 Å². The number of aryl methyl sites for hydroxylation is 1. The van der Waals surface area contributed by atoms with E-state index in [0.29, 0.717) is 6.54 Å². The Morgan fingerprint density at radius 1 is 1.08 bits per heavy atom. The van der Waals surface area contributed by atoms with Gasteiger partial charge in [-0.05, 0) is 5.56 Å². The standard InChI is InChI=1S/C17H25N5O2S/c1-20-15-17(13-18-20)25(23,24)19-7-8-21-9-11-22(12-10-21)14-16-5-3-2-4-6-16/h2-6,13,15,19H,7-12,14H2,1H3. The average Bonchev–Trinajstić information content (AvgIpc) is 3.05. The van der Waals surface area contributed by atoms with Crippen molar-refractivity contribution in [2.24, 2.45) is 7.05 Å². The van der Waals surface area contributed by atoms with Crippen LogP contribution < -0.4 is 4.72 Å². The molecule has 1 N–H and O–H groups in total. The minimum absolute atomic E-state index is 0.211. The molecule has 2 heterocycles. The number of sulfonamides is 1. The Hall–Kier alpha value is -1.74. The fraction of sp³-hybridized carbons (Fsp3) is 0.471. The predicted molar refractivity (Wildman–Crippen MR) is 96.6 cm³/mol. The number of benzene rings is 1. The predicted octanol–water partition coefficient (Wildman–Crippen LogP) is 0.516. The van der Waals surface area contributed by atoms with Gasteiger partial charge in [0.15, 0.2) is 0 Å². The first-order valence-corrected chi connectivity index (χ1v) is 9.98.